The van der Waals surface area contributed by atoms with Gasteiger partial charge in [-0.2, -0.15) is 27.4 Å². The first-order valence-electron chi connectivity index (χ1n) is 18.2. The molecule has 0 bridgehead atoms. The number of carbonyl (C=O) groups excluding carboxylic acids is 1. The Morgan fingerprint density at radius 1 is 0.667 bits per heavy atom. The third kappa shape index (κ3) is 10.3. The molecule has 2 heterocycles. The molecule has 1 amide bonds. The third-order valence-electron chi connectivity index (χ3n) is 9.02. The minimum Gasteiger partial charge on any atom is -0.339 e. The van der Waals surface area contributed by atoms with Crippen molar-refractivity contribution in [3.63, 3.8) is 0 Å². The van der Waals surface area contributed by atoms with E-state index in [1.807, 2.05) is 6.07 Å². The largest absolute Gasteiger partial charge is 0.339 e. The van der Waals surface area contributed by atoms with Crippen molar-refractivity contribution >= 4 is 87.7 Å². The second kappa shape index (κ2) is 18.3. The van der Waals surface area contributed by atoms with Crippen LogP contribution >= 0.6 is 11.3 Å². The summed E-state index contributed by atoms with van der Waals surface area (Å²) >= 11 is 1.10. The van der Waals surface area contributed by atoms with Gasteiger partial charge in [0.2, 0.25) is 5.13 Å². The van der Waals surface area contributed by atoms with Crippen molar-refractivity contribution in [2.24, 2.45) is 10.2 Å². The van der Waals surface area contributed by atoms with Gasteiger partial charge in [0, 0.05) is 28.2 Å². The molecule has 0 atom stereocenters. The van der Waals surface area contributed by atoms with E-state index >= 15 is 0 Å². The first-order chi connectivity index (χ1) is 30.2. The maximum atomic E-state index is 12.8. The quantitative estimate of drug-likeness (QED) is 0.0304. The molecule has 0 aliphatic carbocycles. The molecule has 2 aromatic heterocycles. The van der Waals surface area contributed by atoms with Gasteiger partial charge in [-0.3, -0.25) is 24.8 Å². The highest BCUT2D eigenvalue weighted by atomic mass is 32.2. The van der Waals surface area contributed by atoms with Crippen LogP contribution in [0.4, 0.5) is 50.2 Å². The van der Waals surface area contributed by atoms with Crippen LogP contribution in [0.2, 0.25) is 0 Å². The van der Waals surface area contributed by atoms with Crippen LogP contribution in [-0.2, 0) is 20.2 Å². The van der Waals surface area contributed by atoms with Gasteiger partial charge in [-0.25, -0.2) is 9.97 Å². The standard InChI is InChI=1S/C42H31N11O7S3/c1-25-34(24-44)38(45-29-15-19-32(20-16-29)62(55,56)57)49-39(46-30-17-21-33(22-18-30)63(58,59)60)36(25)51-53-42-48-37(41(61-42)52-50-35-10-6-5-9-28(35)23-43)26-11-13-31(14-12-26)47-40(54)27-7-3-2-4-8-27/h2-22,51H,1H3,(H,47,54)(H,48,53)(H2,45,46,49)(H,55,56,57)(H,58,59,60). The Balaban J connectivity index is 1.24. The van der Waals surface area contributed by atoms with Crippen molar-refractivity contribution < 1.29 is 30.7 Å². The molecule has 7 aromatic rings. The van der Waals surface area contributed by atoms with Gasteiger partial charge in [0.25, 0.3) is 26.1 Å². The number of benzene rings is 5. The summed E-state index contributed by atoms with van der Waals surface area (Å²) in [6.07, 6.45) is 0. The number of rotatable bonds is 14. The molecule has 18 nitrogen and oxygen atoms in total. The molecule has 0 aliphatic rings. The second-order valence-corrected chi connectivity index (χ2v) is 17.0. The summed E-state index contributed by atoms with van der Waals surface area (Å²) in [6.45, 7) is 1.64. The molecule has 0 saturated heterocycles. The fourth-order valence-corrected chi connectivity index (χ4v) is 7.59. The summed E-state index contributed by atoms with van der Waals surface area (Å²) in [7, 11) is -8.96. The summed E-state index contributed by atoms with van der Waals surface area (Å²) < 4.78 is 65.6. The zero-order chi connectivity index (χ0) is 44.7. The molecule has 0 radical (unpaired) electrons. The number of pyridine rings is 1. The maximum absolute atomic E-state index is 12.8. The van der Waals surface area contributed by atoms with Crippen LogP contribution < -0.4 is 26.8 Å². The number of hydrogen-bond donors (Lipinski definition) is 7. The molecular formula is C42H31N11O7S3. The molecule has 63 heavy (non-hydrogen) atoms. The lowest BCUT2D eigenvalue weighted by Gasteiger charge is -2.19. The highest BCUT2D eigenvalue weighted by Crippen LogP contribution is 2.41. The summed E-state index contributed by atoms with van der Waals surface area (Å²) in [4.78, 5) is 21.6. The number of hydrazine groups is 1. The van der Waals surface area contributed by atoms with Crippen molar-refractivity contribution in [1.82, 2.24) is 9.97 Å². The number of carbonyl (C=O) groups is 1. The highest BCUT2D eigenvalue weighted by Gasteiger charge is 2.21. The lowest BCUT2D eigenvalue weighted by molar-refractivity contribution is 0.102. The van der Waals surface area contributed by atoms with Gasteiger partial charge < -0.3 is 16.0 Å². The molecule has 21 heteroatoms. The third-order valence-corrected chi connectivity index (χ3v) is 11.6. The molecule has 5 aromatic carbocycles. The molecule has 0 fully saturated rings. The topological polar surface area (TPSA) is 284 Å². The maximum Gasteiger partial charge on any atom is 0.294 e. The molecular weight excluding hydrogens is 867 g/mol. The number of nitrogens with one attached hydrogen (secondary N) is 5. The number of thiazole rings is 1. The van der Waals surface area contributed by atoms with E-state index in [0.717, 1.165) is 11.3 Å². The first-order valence-corrected chi connectivity index (χ1v) is 21.9. The normalized spacial score (nSPS) is 11.3. The van der Waals surface area contributed by atoms with Crippen LogP contribution in [0.1, 0.15) is 27.0 Å². The van der Waals surface area contributed by atoms with Gasteiger partial charge >= 0.3 is 0 Å². The smallest absolute Gasteiger partial charge is 0.294 e. The number of nitriles is 2. The van der Waals surface area contributed by atoms with Crippen molar-refractivity contribution in [2.45, 2.75) is 16.7 Å². The van der Waals surface area contributed by atoms with Crippen molar-refractivity contribution in [1.29, 1.82) is 10.5 Å². The summed E-state index contributed by atoms with van der Waals surface area (Å²) in [5.41, 5.74) is 10.2. The van der Waals surface area contributed by atoms with Crippen LogP contribution in [0.15, 0.2) is 147 Å². The molecule has 7 rings (SSSR count). The first kappa shape index (κ1) is 43.1. The SMILES string of the molecule is Cc1c(C#N)c(Nc2ccc(S(=O)(=O)O)cc2)nc(Nc2ccc(S(=O)(=O)O)cc2)c1NNc1nc(-c2ccc(NC(=O)c3ccccc3)cc2)c(N=Nc2ccccc2C#N)s1. The Labute approximate surface area is 364 Å². The second-order valence-electron chi connectivity index (χ2n) is 13.2. The van der Waals surface area contributed by atoms with E-state index in [-0.39, 0.29) is 43.7 Å². The highest BCUT2D eigenvalue weighted by molar-refractivity contribution is 7.86. The predicted molar refractivity (Wildman–Crippen MR) is 237 cm³/mol. The van der Waals surface area contributed by atoms with E-state index in [9.17, 15) is 41.3 Å². The van der Waals surface area contributed by atoms with Crippen LogP contribution in [-0.4, -0.2) is 41.8 Å². The monoisotopic (exact) mass is 897 g/mol. The summed E-state index contributed by atoms with van der Waals surface area (Å²) in [5, 5.41) is 38.4. The van der Waals surface area contributed by atoms with Crippen molar-refractivity contribution in [3.8, 4) is 23.4 Å². The number of aromatic nitrogens is 2. The van der Waals surface area contributed by atoms with Gasteiger partial charge in [-0.15, -0.1) is 10.2 Å². The Hall–Kier alpha value is -8.05. The van der Waals surface area contributed by atoms with Crippen LogP contribution in [0.25, 0.3) is 11.3 Å². The molecule has 0 aliphatic heterocycles. The average Bonchev–Trinajstić information content (AvgIpc) is 3.68. The molecule has 7 N–H and O–H groups in total. The van der Waals surface area contributed by atoms with E-state index in [1.165, 1.54) is 48.5 Å². The fourth-order valence-electron chi connectivity index (χ4n) is 5.86. The lowest BCUT2D eigenvalue weighted by Crippen LogP contribution is -2.14. The minimum absolute atomic E-state index is 0.0532. The van der Waals surface area contributed by atoms with Gasteiger partial charge in [-0.1, -0.05) is 53.8 Å². The van der Waals surface area contributed by atoms with Crippen molar-refractivity contribution in [3.05, 3.63) is 150 Å². The van der Waals surface area contributed by atoms with Gasteiger partial charge in [0.05, 0.1) is 20.9 Å². The fraction of sp³-hybridized carbons (Fsp3) is 0.0238. The van der Waals surface area contributed by atoms with E-state index in [0.29, 0.717) is 55.7 Å². The van der Waals surface area contributed by atoms with E-state index in [2.05, 4.69) is 54.2 Å². The predicted octanol–water partition coefficient (Wildman–Crippen LogP) is 9.34. The summed E-state index contributed by atoms with van der Waals surface area (Å²) in [6, 6.07) is 36.8. The lowest BCUT2D eigenvalue weighted by atomic mass is 10.1. The molecule has 0 saturated carbocycles. The number of amides is 1. The van der Waals surface area contributed by atoms with E-state index in [1.54, 1.807) is 79.7 Å². The van der Waals surface area contributed by atoms with Gasteiger partial charge in [-0.05, 0) is 97.4 Å². The number of anilines is 7. The zero-order valence-electron chi connectivity index (χ0n) is 32.5. The number of azo groups is 1. The number of hydrogen-bond acceptors (Lipinski definition) is 16. The van der Waals surface area contributed by atoms with Gasteiger partial charge in [0.1, 0.15) is 29.2 Å². The molecule has 314 valence electrons. The van der Waals surface area contributed by atoms with E-state index in [4.69, 9.17) is 4.98 Å². The minimum atomic E-state index is -4.49. The number of nitrogens with zero attached hydrogens (tertiary/aromatic N) is 6. The molecule has 0 spiro atoms. The Morgan fingerprint density at radius 2 is 1.24 bits per heavy atom. The summed E-state index contributed by atoms with van der Waals surface area (Å²) in [5.74, 6) is -0.113. The van der Waals surface area contributed by atoms with E-state index < -0.39 is 20.2 Å². The van der Waals surface area contributed by atoms with Gasteiger partial charge in [0.15, 0.2) is 16.6 Å². The molecule has 0 unspecified atom stereocenters. The average molecular weight is 898 g/mol. The Kier molecular flexibility index (Phi) is 12.5. The van der Waals surface area contributed by atoms with Crippen LogP contribution in [0, 0.1) is 29.6 Å². The van der Waals surface area contributed by atoms with Crippen LogP contribution in [0.3, 0.4) is 0 Å². The Morgan fingerprint density at radius 3 is 1.83 bits per heavy atom. The Bertz CT molecular complexity index is 3190. The van der Waals surface area contributed by atoms with Crippen LogP contribution in [0.5, 0.6) is 0 Å². The zero-order valence-corrected chi connectivity index (χ0v) is 34.9. The van der Waals surface area contributed by atoms with Crippen molar-refractivity contribution in [2.75, 3.05) is 26.8 Å².